The van der Waals surface area contributed by atoms with Crippen LogP contribution in [0.25, 0.3) is 0 Å². The van der Waals surface area contributed by atoms with Crippen LogP contribution in [0.5, 0.6) is 0 Å². The zero-order valence-corrected chi connectivity index (χ0v) is 23.2. The van der Waals surface area contributed by atoms with E-state index in [0.717, 1.165) is 32.2 Å². The van der Waals surface area contributed by atoms with Crippen LogP contribution in [0.15, 0.2) is 48.5 Å². The third kappa shape index (κ3) is 7.06. The Balaban J connectivity index is 1.31. The molecule has 0 bridgehead atoms. The van der Waals surface area contributed by atoms with Crippen LogP contribution in [0.2, 0.25) is 0 Å². The van der Waals surface area contributed by atoms with Crippen LogP contribution >= 0.6 is 0 Å². The molecule has 3 unspecified atom stereocenters. The molecule has 2 aliphatic carbocycles. The van der Waals surface area contributed by atoms with Gasteiger partial charge in [-0.1, -0.05) is 36.2 Å². The minimum absolute atomic E-state index is 0.0730. The van der Waals surface area contributed by atoms with Gasteiger partial charge in [0.2, 0.25) is 5.91 Å². The van der Waals surface area contributed by atoms with E-state index >= 15 is 0 Å². The summed E-state index contributed by atoms with van der Waals surface area (Å²) in [5, 5.41) is 3.22. The maximum absolute atomic E-state index is 13.7. The third-order valence-electron chi connectivity index (χ3n) is 8.99. The van der Waals surface area contributed by atoms with Gasteiger partial charge in [0, 0.05) is 37.3 Å². The number of likely N-dealkylation sites (tertiary alicyclic amines) is 1. The lowest BCUT2D eigenvalue weighted by molar-refractivity contribution is -0.128. The number of nitrogens with two attached hydrogens (primary N) is 1. The molecule has 1 heterocycles. The van der Waals surface area contributed by atoms with E-state index in [0.29, 0.717) is 49.5 Å². The second-order valence-corrected chi connectivity index (χ2v) is 12.0. The van der Waals surface area contributed by atoms with E-state index in [2.05, 4.69) is 41.4 Å². The SMILES string of the molecule is Cc1ccc(CN(C2CC2)C2CCN(C(=O)c3ccc(F)cc3)[C@@H](C(=O)NCC3CCCC(CN)C3)C2)cc1. The van der Waals surface area contributed by atoms with Crippen molar-refractivity contribution in [1.29, 1.82) is 0 Å². The molecule has 0 aromatic heterocycles. The van der Waals surface area contributed by atoms with Crippen molar-refractivity contribution in [3.8, 4) is 0 Å². The molecule has 210 valence electrons. The fourth-order valence-corrected chi connectivity index (χ4v) is 6.53. The second kappa shape index (κ2) is 12.6. The van der Waals surface area contributed by atoms with Gasteiger partial charge in [-0.2, -0.15) is 0 Å². The first-order valence-electron chi connectivity index (χ1n) is 14.8. The first-order valence-corrected chi connectivity index (χ1v) is 14.8. The highest BCUT2D eigenvalue weighted by atomic mass is 19.1. The van der Waals surface area contributed by atoms with Gasteiger partial charge in [-0.05, 0) is 100 Å². The summed E-state index contributed by atoms with van der Waals surface area (Å²) >= 11 is 0. The quantitative estimate of drug-likeness (QED) is 0.491. The largest absolute Gasteiger partial charge is 0.354 e. The molecular formula is C32H43FN4O2. The van der Waals surface area contributed by atoms with Crippen LogP contribution in [0.3, 0.4) is 0 Å². The topological polar surface area (TPSA) is 78.7 Å². The van der Waals surface area contributed by atoms with Crippen molar-refractivity contribution in [1.82, 2.24) is 15.1 Å². The van der Waals surface area contributed by atoms with Crippen molar-refractivity contribution in [2.45, 2.75) is 83.0 Å². The van der Waals surface area contributed by atoms with Crippen LogP contribution in [-0.2, 0) is 11.3 Å². The van der Waals surface area contributed by atoms with Gasteiger partial charge in [0.1, 0.15) is 11.9 Å². The summed E-state index contributed by atoms with van der Waals surface area (Å²) in [6.45, 7) is 4.80. The van der Waals surface area contributed by atoms with Crippen molar-refractivity contribution >= 4 is 11.8 Å². The smallest absolute Gasteiger partial charge is 0.254 e. The van der Waals surface area contributed by atoms with Crippen molar-refractivity contribution in [2.75, 3.05) is 19.6 Å². The Hall–Kier alpha value is -2.77. The summed E-state index contributed by atoms with van der Waals surface area (Å²) in [5.41, 5.74) is 8.88. The fraction of sp³-hybridized carbons (Fsp3) is 0.562. The molecule has 3 aliphatic rings. The molecule has 5 rings (SSSR count). The van der Waals surface area contributed by atoms with Gasteiger partial charge >= 0.3 is 0 Å². The number of benzene rings is 2. The van der Waals surface area contributed by atoms with E-state index in [1.165, 1.54) is 54.7 Å². The van der Waals surface area contributed by atoms with Gasteiger partial charge in [0.05, 0.1) is 0 Å². The van der Waals surface area contributed by atoms with E-state index in [1.807, 2.05) is 0 Å². The highest BCUT2D eigenvalue weighted by Gasteiger charge is 2.42. The lowest BCUT2D eigenvalue weighted by Crippen LogP contribution is -2.58. The maximum atomic E-state index is 13.7. The van der Waals surface area contributed by atoms with Crippen LogP contribution in [0.1, 0.15) is 72.9 Å². The summed E-state index contributed by atoms with van der Waals surface area (Å²) in [6.07, 6.45) is 8.27. The van der Waals surface area contributed by atoms with Gasteiger partial charge in [-0.15, -0.1) is 0 Å². The van der Waals surface area contributed by atoms with Crippen LogP contribution < -0.4 is 11.1 Å². The molecule has 2 aromatic rings. The third-order valence-corrected chi connectivity index (χ3v) is 8.99. The molecule has 3 N–H and O–H groups in total. The number of aryl methyl sites for hydroxylation is 1. The lowest BCUT2D eigenvalue weighted by Gasteiger charge is -2.43. The summed E-state index contributed by atoms with van der Waals surface area (Å²) in [5.74, 6) is 0.313. The average Bonchev–Trinajstić information content (AvgIpc) is 3.81. The zero-order valence-electron chi connectivity index (χ0n) is 23.2. The number of rotatable bonds is 9. The Morgan fingerprint density at radius 1 is 0.949 bits per heavy atom. The van der Waals surface area contributed by atoms with Crippen molar-refractivity contribution < 1.29 is 14.0 Å². The van der Waals surface area contributed by atoms with Crippen molar-refractivity contribution in [3.05, 3.63) is 71.0 Å². The fourth-order valence-electron chi connectivity index (χ4n) is 6.53. The second-order valence-electron chi connectivity index (χ2n) is 12.0. The van der Waals surface area contributed by atoms with E-state index in [4.69, 9.17) is 5.73 Å². The number of carbonyl (C=O) groups excluding carboxylic acids is 2. The number of carbonyl (C=O) groups is 2. The van der Waals surface area contributed by atoms with Gasteiger partial charge in [-0.3, -0.25) is 14.5 Å². The highest BCUT2D eigenvalue weighted by Crippen LogP contribution is 2.35. The molecule has 1 aliphatic heterocycles. The molecule has 2 amide bonds. The number of nitrogens with one attached hydrogen (secondary N) is 1. The van der Waals surface area contributed by atoms with Crippen LogP contribution in [-0.4, -0.2) is 59.4 Å². The predicted molar refractivity (Wildman–Crippen MR) is 152 cm³/mol. The molecule has 6 nitrogen and oxygen atoms in total. The monoisotopic (exact) mass is 534 g/mol. The molecule has 7 heteroatoms. The van der Waals surface area contributed by atoms with Crippen molar-refractivity contribution in [3.63, 3.8) is 0 Å². The number of piperidine rings is 1. The number of hydrogen-bond acceptors (Lipinski definition) is 4. The molecule has 39 heavy (non-hydrogen) atoms. The Morgan fingerprint density at radius 2 is 1.67 bits per heavy atom. The molecule has 0 radical (unpaired) electrons. The number of amides is 2. The Kier molecular flexibility index (Phi) is 8.98. The summed E-state index contributed by atoms with van der Waals surface area (Å²) in [6, 6.07) is 14.6. The highest BCUT2D eigenvalue weighted by molar-refractivity contribution is 5.97. The van der Waals surface area contributed by atoms with E-state index in [-0.39, 0.29) is 23.7 Å². The van der Waals surface area contributed by atoms with Gasteiger partial charge < -0.3 is 16.0 Å². The Bertz CT molecular complexity index is 1120. The molecule has 2 saturated carbocycles. The number of halogens is 1. The summed E-state index contributed by atoms with van der Waals surface area (Å²) < 4.78 is 13.5. The Morgan fingerprint density at radius 3 is 2.36 bits per heavy atom. The number of hydrogen-bond donors (Lipinski definition) is 2. The minimum atomic E-state index is -0.547. The molecule has 1 saturated heterocycles. The number of nitrogens with zero attached hydrogens (tertiary/aromatic N) is 2. The van der Waals surface area contributed by atoms with Gasteiger partial charge in [-0.25, -0.2) is 4.39 Å². The molecule has 4 atom stereocenters. The first-order chi connectivity index (χ1) is 18.9. The summed E-state index contributed by atoms with van der Waals surface area (Å²) in [7, 11) is 0. The summed E-state index contributed by atoms with van der Waals surface area (Å²) in [4.78, 5) is 31.6. The standard InChI is InChI=1S/C32H43FN4O2/c1-22-5-7-23(8-6-22)21-37(28-13-14-28)29-15-16-36(32(39)26-9-11-27(33)12-10-26)30(18-29)31(38)35-20-25-4-2-3-24(17-25)19-34/h5-12,24-25,28-30H,2-4,13-21,34H2,1H3,(H,35,38)/t24?,25?,29?,30-/m1/s1. The Labute approximate surface area is 232 Å². The van der Waals surface area contributed by atoms with Crippen molar-refractivity contribution in [2.24, 2.45) is 17.6 Å². The lowest BCUT2D eigenvalue weighted by atomic mass is 9.81. The van der Waals surface area contributed by atoms with E-state index in [9.17, 15) is 14.0 Å². The molecule has 0 spiro atoms. The maximum Gasteiger partial charge on any atom is 0.254 e. The normalized spacial score (nSPS) is 25.5. The molecule has 3 fully saturated rings. The van der Waals surface area contributed by atoms with Gasteiger partial charge in [0.15, 0.2) is 0 Å². The van der Waals surface area contributed by atoms with Crippen LogP contribution in [0, 0.1) is 24.6 Å². The van der Waals surface area contributed by atoms with E-state index in [1.54, 1.807) is 4.90 Å². The van der Waals surface area contributed by atoms with E-state index < -0.39 is 6.04 Å². The molecular weight excluding hydrogens is 491 g/mol. The van der Waals surface area contributed by atoms with Gasteiger partial charge in [0.25, 0.3) is 5.91 Å². The average molecular weight is 535 g/mol. The minimum Gasteiger partial charge on any atom is -0.354 e. The zero-order chi connectivity index (χ0) is 27.4. The predicted octanol–water partition coefficient (Wildman–Crippen LogP) is 4.65. The van der Waals surface area contributed by atoms with Crippen LogP contribution in [0.4, 0.5) is 4.39 Å². The first kappa shape index (κ1) is 27.8. The molecule has 2 aromatic carbocycles.